The van der Waals surface area contributed by atoms with Crippen molar-refractivity contribution in [1.82, 2.24) is 15.4 Å². The van der Waals surface area contributed by atoms with Crippen molar-refractivity contribution in [2.75, 3.05) is 0 Å². The molecule has 0 fully saturated rings. The summed E-state index contributed by atoms with van der Waals surface area (Å²) in [6, 6.07) is 10.5. The lowest BCUT2D eigenvalue weighted by Crippen LogP contribution is -2.30. The Kier molecular flexibility index (Phi) is 3.09. The highest BCUT2D eigenvalue weighted by Crippen LogP contribution is 1.89. The van der Waals surface area contributed by atoms with Crippen molar-refractivity contribution >= 4 is 20.0 Å². The summed E-state index contributed by atoms with van der Waals surface area (Å²) < 4.78 is 0. The zero-order chi connectivity index (χ0) is 10.5. The summed E-state index contributed by atoms with van der Waals surface area (Å²) >= 11 is 0. The Labute approximate surface area is 91.1 Å². The van der Waals surface area contributed by atoms with E-state index in [0.29, 0.717) is 0 Å². The molecule has 2 aromatic rings. The van der Waals surface area contributed by atoms with Crippen molar-refractivity contribution in [2.24, 2.45) is 0 Å². The van der Waals surface area contributed by atoms with E-state index in [1.165, 1.54) is 10.5 Å². The Balaban J connectivity index is 2.17. The number of nitrogens with zero attached hydrogens (tertiary/aromatic N) is 2. The van der Waals surface area contributed by atoms with Crippen molar-refractivity contribution in [1.29, 1.82) is 0 Å². The number of hydrogen-bond donors (Lipinski definition) is 1. The molecule has 0 aliphatic rings. The minimum atomic E-state index is -0.469. The molecule has 0 spiro atoms. The zero-order valence-electron chi connectivity index (χ0n) is 8.48. The third kappa shape index (κ3) is 2.41. The van der Waals surface area contributed by atoms with E-state index in [2.05, 4.69) is 46.3 Å². The fourth-order valence-electron chi connectivity index (χ4n) is 1.51. The predicted octanol–water partition coefficient (Wildman–Crippen LogP) is -0.347. The van der Waals surface area contributed by atoms with Crippen molar-refractivity contribution in [3.05, 3.63) is 48.7 Å². The highest BCUT2D eigenvalue weighted by molar-refractivity contribution is 6.66. The van der Waals surface area contributed by atoms with E-state index in [1.807, 2.05) is 12.1 Å². The van der Waals surface area contributed by atoms with Crippen molar-refractivity contribution in [2.45, 2.75) is 6.42 Å². The van der Waals surface area contributed by atoms with Crippen LogP contribution in [-0.2, 0) is 6.42 Å². The molecule has 76 valence electrons. The maximum atomic E-state index is 4.06. The first-order chi connectivity index (χ1) is 7.40. The van der Waals surface area contributed by atoms with Crippen molar-refractivity contribution in [3.8, 4) is 0 Å². The molecule has 0 atom stereocenters. The van der Waals surface area contributed by atoms with E-state index < -0.39 is 9.52 Å². The standard InChI is InChI=1S/C11H13N3Si/c1-2-6-10-11(13-14-12-10)15-9-7-4-3-5-8-9/h2-5,7-8H,1,6,15H2,(H,12,13,14). The Morgan fingerprint density at radius 3 is 2.87 bits per heavy atom. The van der Waals surface area contributed by atoms with Crippen molar-refractivity contribution in [3.63, 3.8) is 0 Å². The quantitative estimate of drug-likeness (QED) is 0.560. The first-order valence-corrected chi connectivity index (χ1v) is 6.35. The molecular formula is C11H13N3Si. The molecule has 0 aliphatic heterocycles. The fourth-order valence-corrected chi connectivity index (χ4v) is 3.00. The van der Waals surface area contributed by atoms with Gasteiger partial charge in [0, 0.05) is 11.7 Å². The number of rotatable bonds is 4. The highest BCUT2D eigenvalue weighted by atomic mass is 28.2. The second-order valence-corrected chi connectivity index (χ2v) is 5.27. The minimum absolute atomic E-state index is 0.469. The van der Waals surface area contributed by atoms with Crippen LogP contribution in [-0.4, -0.2) is 24.9 Å². The van der Waals surface area contributed by atoms with Gasteiger partial charge in [0.1, 0.15) is 9.52 Å². The lowest BCUT2D eigenvalue weighted by atomic mass is 10.3. The second kappa shape index (κ2) is 4.70. The molecule has 1 heterocycles. The van der Waals surface area contributed by atoms with Crippen LogP contribution >= 0.6 is 0 Å². The third-order valence-corrected chi connectivity index (χ3v) is 4.06. The summed E-state index contributed by atoms with van der Waals surface area (Å²) in [7, 11) is -0.469. The summed E-state index contributed by atoms with van der Waals surface area (Å²) in [5, 5.41) is 13.5. The number of H-pyrrole nitrogens is 1. The number of aromatic amines is 1. The highest BCUT2D eigenvalue weighted by Gasteiger charge is 2.06. The number of allylic oxidation sites excluding steroid dienone is 1. The van der Waals surface area contributed by atoms with Gasteiger partial charge in [-0.15, -0.1) is 11.7 Å². The van der Waals surface area contributed by atoms with Crippen LogP contribution in [0, 0.1) is 0 Å². The second-order valence-electron chi connectivity index (χ2n) is 3.39. The van der Waals surface area contributed by atoms with Crippen LogP contribution in [0.25, 0.3) is 0 Å². The summed E-state index contributed by atoms with van der Waals surface area (Å²) in [5.74, 6) is 0. The van der Waals surface area contributed by atoms with Gasteiger partial charge >= 0.3 is 0 Å². The van der Waals surface area contributed by atoms with Gasteiger partial charge in [0.15, 0.2) is 0 Å². The number of benzene rings is 1. The van der Waals surface area contributed by atoms with Gasteiger partial charge in [0.2, 0.25) is 0 Å². The van der Waals surface area contributed by atoms with Crippen LogP contribution in [0.5, 0.6) is 0 Å². The van der Waals surface area contributed by atoms with Crippen LogP contribution in [0.1, 0.15) is 5.69 Å². The minimum Gasteiger partial charge on any atom is -0.267 e. The molecule has 1 N–H and O–H groups in total. The third-order valence-electron chi connectivity index (χ3n) is 2.27. The van der Waals surface area contributed by atoms with Crippen LogP contribution in [0.3, 0.4) is 0 Å². The summed E-state index contributed by atoms with van der Waals surface area (Å²) in [6.45, 7) is 3.72. The van der Waals surface area contributed by atoms with Gasteiger partial charge in [-0.05, 0) is 0 Å². The van der Waals surface area contributed by atoms with E-state index in [-0.39, 0.29) is 0 Å². The Bertz CT molecular complexity index is 436. The van der Waals surface area contributed by atoms with E-state index in [0.717, 1.165) is 12.1 Å². The van der Waals surface area contributed by atoms with E-state index >= 15 is 0 Å². The van der Waals surface area contributed by atoms with Crippen molar-refractivity contribution < 1.29 is 0 Å². The average Bonchev–Trinajstić information content (AvgIpc) is 2.68. The molecule has 0 bridgehead atoms. The van der Waals surface area contributed by atoms with Crippen LogP contribution in [0.4, 0.5) is 0 Å². The van der Waals surface area contributed by atoms with E-state index in [9.17, 15) is 0 Å². The Morgan fingerprint density at radius 2 is 2.13 bits per heavy atom. The lowest BCUT2D eigenvalue weighted by molar-refractivity contribution is 0.921. The summed E-state index contributed by atoms with van der Waals surface area (Å²) in [5.41, 5.74) is 1.04. The molecule has 3 nitrogen and oxygen atoms in total. The molecule has 0 saturated heterocycles. The monoisotopic (exact) mass is 215 g/mol. The normalized spacial score (nSPS) is 10.9. The van der Waals surface area contributed by atoms with Crippen LogP contribution in [0.2, 0.25) is 0 Å². The molecule has 1 aromatic carbocycles. The summed E-state index contributed by atoms with van der Waals surface area (Å²) in [6.07, 6.45) is 2.66. The molecule has 1 aromatic heterocycles. The van der Waals surface area contributed by atoms with E-state index in [4.69, 9.17) is 0 Å². The van der Waals surface area contributed by atoms with Gasteiger partial charge in [-0.25, -0.2) is 0 Å². The van der Waals surface area contributed by atoms with Gasteiger partial charge in [0.05, 0.1) is 5.69 Å². The SMILES string of the molecule is C=CCc1nn[nH]c1[SiH2]c1ccccc1. The maximum Gasteiger partial charge on any atom is 0.113 e. The Hall–Kier alpha value is -1.68. The molecule has 15 heavy (non-hydrogen) atoms. The first-order valence-electron chi connectivity index (χ1n) is 4.94. The maximum absolute atomic E-state index is 4.06. The Morgan fingerprint density at radius 1 is 1.33 bits per heavy atom. The first kappa shape index (κ1) is 9.86. The molecule has 0 radical (unpaired) electrons. The molecule has 2 rings (SSSR count). The van der Waals surface area contributed by atoms with E-state index in [1.54, 1.807) is 0 Å². The largest absolute Gasteiger partial charge is 0.267 e. The van der Waals surface area contributed by atoms with Gasteiger partial charge in [-0.3, -0.25) is 5.10 Å². The number of aromatic nitrogens is 3. The molecule has 0 amide bonds. The van der Waals surface area contributed by atoms with Gasteiger partial charge in [0.25, 0.3) is 0 Å². The molecule has 0 unspecified atom stereocenters. The topological polar surface area (TPSA) is 41.6 Å². The lowest BCUT2D eigenvalue weighted by Gasteiger charge is -1.98. The van der Waals surface area contributed by atoms with Crippen LogP contribution < -0.4 is 10.5 Å². The molecule has 0 saturated carbocycles. The average molecular weight is 215 g/mol. The van der Waals surface area contributed by atoms with Gasteiger partial charge in [-0.2, -0.15) is 0 Å². The van der Waals surface area contributed by atoms with Gasteiger partial charge in [-0.1, -0.05) is 46.8 Å². The summed E-state index contributed by atoms with van der Waals surface area (Å²) in [4.78, 5) is 0. The fraction of sp³-hybridized carbons (Fsp3) is 0.0909. The zero-order valence-corrected chi connectivity index (χ0v) is 9.89. The predicted molar refractivity (Wildman–Crippen MR) is 64.5 cm³/mol. The smallest absolute Gasteiger partial charge is 0.113 e. The van der Waals surface area contributed by atoms with Crippen LogP contribution in [0.15, 0.2) is 43.0 Å². The van der Waals surface area contributed by atoms with Gasteiger partial charge < -0.3 is 0 Å². The number of hydrogen-bond acceptors (Lipinski definition) is 2. The molecule has 0 aliphatic carbocycles. The molecular weight excluding hydrogens is 202 g/mol. The molecule has 4 heteroatoms. The number of nitrogens with one attached hydrogen (secondary N) is 1.